The lowest BCUT2D eigenvalue weighted by Gasteiger charge is -2.32. The van der Waals surface area contributed by atoms with Crippen molar-refractivity contribution in [3.05, 3.63) is 36.7 Å². The molecule has 26 heavy (non-hydrogen) atoms. The van der Waals surface area contributed by atoms with Crippen molar-refractivity contribution in [2.24, 2.45) is 5.92 Å². The van der Waals surface area contributed by atoms with E-state index in [1.165, 1.54) is 50.9 Å². The van der Waals surface area contributed by atoms with Crippen LogP contribution in [0.3, 0.4) is 0 Å². The van der Waals surface area contributed by atoms with E-state index >= 15 is 0 Å². The summed E-state index contributed by atoms with van der Waals surface area (Å²) in [6, 6.07) is 10.8. The van der Waals surface area contributed by atoms with Crippen LogP contribution >= 0.6 is 0 Å². The lowest BCUT2D eigenvalue weighted by molar-refractivity contribution is 0.438. The van der Waals surface area contributed by atoms with Crippen LogP contribution < -0.4 is 15.1 Å². The zero-order valence-electron chi connectivity index (χ0n) is 15.7. The number of aromatic nitrogens is 2. The average molecular weight is 351 g/mol. The Morgan fingerprint density at radius 1 is 0.885 bits per heavy atom. The Hall–Kier alpha value is -2.30. The van der Waals surface area contributed by atoms with E-state index in [9.17, 15) is 0 Å². The molecule has 2 fully saturated rings. The molecule has 0 aliphatic carbocycles. The minimum Gasteiger partial charge on any atom is -0.372 e. The minimum absolute atomic E-state index is 0.860. The van der Waals surface area contributed by atoms with Crippen LogP contribution in [0.5, 0.6) is 0 Å². The lowest BCUT2D eigenvalue weighted by atomic mass is 9.99. The van der Waals surface area contributed by atoms with Crippen LogP contribution in [0.25, 0.3) is 0 Å². The number of benzene rings is 1. The van der Waals surface area contributed by atoms with Gasteiger partial charge in [-0.2, -0.15) is 0 Å². The molecule has 0 amide bonds. The van der Waals surface area contributed by atoms with Gasteiger partial charge in [-0.05, 0) is 62.3 Å². The number of piperidine rings is 2. The summed E-state index contributed by atoms with van der Waals surface area (Å²) >= 11 is 0. The fourth-order valence-corrected chi connectivity index (χ4v) is 3.88. The molecule has 1 N–H and O–H groups in total. The molecule has 0 saturated carbocycles. The van der Waals surface area contributed by atoms with E-state index < -0.39 is 0 Å². The molecule has 4 rings (SSSR count). The second kappa shape index (κ2) is 7.94. The molecule has 2 aromatic rings. The SMILES string of the molecule is CC1CCN(c2ccc(Nc3cc(N4CCCCC4)ncn3)cc2)CC1. The van der Waals surface area contributed by atoms with Gasteiger partial charge < -0.3 is 15.1 Å². The summed E-state index contributed by atoms with van der Waals surface area (Å²) in [7, 11) is 0. The molecule has 2 aliphatic heterocycles. The third kappa shape index (κ3) is 4.09. The highest BCUT2D eigenvalue weighted by Gasteiger charge is 2.16. The number of hydrogen-bond donors (Lipinski definition) is 1. The van der Waals surface area contributed by atoms with E-state index in [-0.39, 0.29) is 0 Å². The first-order valence-corrected chi connectivity index (χ1v) is 9.97. The van der Waals surface area contributed by atoms with Crippen LogP contribution in [0.15, 0.2) is 36.7 Å². The Kier molecular flexibility index (Phi) is 5.23. The van der Waals surface area contributed by atoms with Gasteiger partial charge in [0.05, 0.1) is 0 Å². The largest absolute Gasteiger partial charge is 0.372 e. The van der Waals surface area contributed by atoms with Crippen molar-refractivity contribution in [1.29, 1.82) is 0 Å². The maximum Gasteiger partial charge on any atom is 0.135 e. The van der Waals surface area contributed by atoms with Crippen LogP contribution in [-0.4, -0.2) is 36.1 Å². The summed E-state index contributed by atoms with van der Waals surface area (Å²) < 4.78 is 0. The maximum atomic E-state index is 4.45. The van der Waals surface area contributed by atoms with E-state index in [1.807, 2.05) is 0 Å². The highest BCUT2D eigenvalue weighted by molar-refractivity contribution is 5.62. The van der Waals surface area contributed by atoms with Crippen molar-refractivity contribution in [2.75, 3.05) is 41.3 Å². The third-order valence-corrected chi connectivity index (χ3v) is 5.62. The van der Waals surface area contributed by atoms with Crippen molar-refractivity contribution in [1.82, 2.24) is 9.97 Å². The molecule has 0 radical (unpaired) electrons. The Labute approximate surface area is 156 Å². The van der Waals surface area contributed by atoms with Crippen molar-refractivity contribution >= 4 is 23.0 Å². The van der Waals surface area contributed by atoms with E-state index in [2.05, 4.69) is 62.3 Å². The predicted molar refractivity (Wildman–Crippen MR) is 108 cm³/mol. The highest BCUT2D eigenvalue weighted by Crippen LogP contribution is 2.26. The van der Waals surface area contributed by atoms with Gasteiger partial charge in [0.2, 0.25) is 0 Å². The van der Waals surface area contributed by atoms with Gasteiger partial charge in [-0.3, -0.25) is 0 Å². The highest BCUT2D eigenvalue weighted by atomic mass is 15.2. The van der Waals surface area contributed by atoms with Gasteiger partial charge in [0.1, 0.15) is 18.0 Å². The van der Waals surface area contributed by atoms with Gasteiger partial charge in [-0.15, -0.1) is 0 Å². The number of nitrogens with zero attached hydrogens (tertiary/aromatic N) is 4. The number of rotatable bonds is 4. The van der Waals surface area contributed by atoms with E-state index in [4.69, 9.17) is 0 Å². The van der Waals surface area contributed by atoms with E-state index in [1.54, 1.807) is 6.33 Å². The van der Waals surface area contributed by atoms with E-state index in [0.29, 0.717) is 0 Å². The second-order valence-electron chi connectivity index (χ2n) is 7.65. The zero-order valence-corrected chi connectivity index (χ0v) is 15.7. The molecule has 2 aliphatic rings. The lowest BCUT2D eigenvalue weighted by Crippen LogP contribution is -2.32. The van der Waals surface area contributed by atoms with Crippen molar-refractivity contribution < 1.29 is 0 Å². The minimum atomic E-state index is 0.860. The van der Waals surface area contributed by atoms with Gasteiger partial charge in [-0.1, -0.05) is 6.92 Å². The number of hydrogen-bond acceptors (Lipinski definition) is 5. The monoisotopic (exact) mass is 351 g/mol. The Bertz CT molecular complexity index is 701. The summed E-state index contributed by atoms with van der Waals surface area (Å²) in [5, 5.41) is 3.42. The van der Waals surface area contributed by atoms with Gasteiger partial charge >= 0.3 is 0 Å². The van der Waals surface area contributed by atoms with E-state index in [0.717, 1.165) is 36.3 Å². The first kappa shape index (κ1) is 17.1. The summed E-state index contributed by atoms with van der Waals surface area (Å²) in [6.07, 6.45) is 8.08. The van der Waals surface area contributed by atoms with Gasteiger partial charge in [-0.25, -0.2) is 9.97 Å². The first-order valence-electron chi connectivity index (χ1n) is 9.97. The first-order chi connectivity index (χ1) is 12.8. The summed E-state index contributed by atoms with van der Waals surface area (Å²) in [6.45, 7) is 6.88. The third-order valence-electron chi connectivity index (χ3n) is 5.62. The molecule has 1 aromatic carbocycles. The van der Waals surface area contributed by atoms with Gasteiger partial charge in [0.15, 0.2) is 0 Å². The second-order valence-corrected chi connectivity index (χ2v) is 7.65. The Morgan fingerprint density at radius 2 is 1.62 bits per heavy atom. The average Bonchev–Trinajstić information content (AvgIpc) is 2.70. The Morgan fingerprint density at radius 3 is 2.35 bits per heavy atom. The zero-order chi connectivity index (χ0) is 17.8. The fraction of sp³-hybridized carbons (Fsp3) is 0.524. The summed E-state index contributed by atoms with van der Waals surface area (Å²) in [5.41, 5.74) is 2.39. The quantitative estimate of drug-likeness (QED) is 0.882. The molecular weight excluding hydrogens is 322 g/mol. The molecule has 5 nitrogen and oxygen atoms in total. The van der Waals surface area contributed by atoms with Crippen LogP contribution in [-0.2, 0) is 0 Å². The molecule has 1 aromatic heterocycles. The summed E-state index contributed by atoms with van der Waals surface area (Å²) in [4.78, 5) is 13.7. The fourth-order valence-electron chi connectivity index (χ4n) is 3.88. The number of nitrogens with one attached hydrogen (secondary N) is 1. The van der Waals surface area contributed by atoms with Crippen molar-refractivity contribution in [3.8, 4) is 0 Å². The van der Waals surface area contributed by atoms with Gasteiger partial charge in [0, 0.05) is 43.6 Å². The molecule has 138 valence electrons. The van der Waals surface area contributed by atoms with Crippen molar-refractivity contribution in [2.45, 2.75) is 39.0 Å². The molecule has 0 spiro atoms. The van der Waals surface area contributed by atoms with Crippen LogP contribution in [0.1, 0.15) is 39.0 Å². The smallest absolute Gasteiger partial charge is 0.135 e. The van der Waals surface area contributed by atoms with Crippen LogP contribution in [0.4, 0.5) is 23.0 Å². The maximum absolute atomic E-state index is 4.45. The summed E-state index contributed by atoms with van der Waals surface area (Å²) in [5.74, 6) is 2.75. The Balaban J connectivity index is 1.41. The molecule has 0 atom stereocenters. The molecule has 2 saturated heterocycles. The standard InChI is InChI=1S/C21H29N5/c1-17-9-13-25(14-10-17)19-7-5-18(6-8-19)24-20-15-21(23-16-22-20)26-11-3-2-4-12-26/h5-8,15-17H,2-4,9-14H2,1H3,(H,22,23,24). The van der Waals surface area contributed by atoms with Crippen LogP contribution in [0.2, 0.25) is 0 Å². The van der Waals surface area contributed by atoms with Crippen molar-refractivity contribution in [3.63, 3.8) is 0 Å². The molecule has 3 heterocycles. The predicted octanol–water partition coefficient (Wildman–Crippen LogP) is 4.45. The normalized spacial score (nSPS) is 18.8. The van der Waals surface area contributed by atoms with Crippen LogP contribution in [0, 0.1) is 5.92 Å². The molecule has 5 heteroatoms. The number of anilines is 4. The molecule has 0 bridgehead atoms. The topological polar surface area (TPSA) is 44.3 Å². The molecular formula is C21H29N5. The molecule has 0 unspecified atom stereocenters. The van der Waals surface area contributed by atoms with Gasteiger partial charge in [0.25, 0.3) is 0 Å².